The largest absolute Gasteiger partial charge is 0.416 e. The van der Waals surface area contributed by atoms with Gasteiger partial charge in [0.15, 0.2) is 5.13 Å². The second-order valence-electron chi connectivity index (χ2n) is 9.08. The summed E-state index contributed by atoms with van der Waals surface area (Å²) in [5, 5.41) is 3.02. The van der Waals surface area contributed by atoms with Gasteiger partial charge in [0.2, 0.25) is 0 Å². The number of benzene rings is 2. The van der Waals surface area contributed by atoms with Crippen LogP contribution in [0.25, 0.3) is 10.4 Å². The number of alkyl halides is 3. The van der Waals surface area contributed by atoms with Crippen LogP contribution in [0.1, 0.15) is 41.6 Å². The van der Waals surface area contributed by atoms with Crippen molar-refractivity contribution in [2.24, 2.45) is 0 Å². The summed E-state index contributed by atoms with van der Waals surface area (Å²) in [5.74, 6) is -0.599. The molecule has 2 aliphatic rings. The molecular formula is C26H27F3N4OS. The Balaban J connectivity index is 1.33. The Morgan fingerprint density at radius 2 is 1.71 bits per heavy atom. The third kappa shape index (κ3) is 5.51. The molecule has 35 heavy (non-hydrogen) atoms. The van der Waals surface area contributed by atoms with Gasteiger partial charge in [0.1, 0.15) is 0 Å². The first-order valence-electron chi connectivity index (χ1n) is 11.9. The molecular weight excluding hydrogens is 473 g/mol. The number of nitrogens with zero attached hydrogens (tertiary/aromatic N) is 3. The zero-order chi connectivity index (χ0) is 24.4. The van der Waals surface area contributed by atoms with E-state index in [1.165, 1.54) is 24.2 Å². The Morgan fingerprint density at radius 1 is 1.00 bits per heavy atom. The van der Waals surface area contributed by atoms with Crippen molar-refractivity contribution in [3.63, 3.8) is 0 Å². The van der Waals surface area contributed by atoms with Gasteiger partial charge in [0, 0.05) is 36.6 Å². The molecule has 0 radical (unpaired) electrons. The highest BCUT2D eigenvalue weighted by atomic mass is 32.1. The van der Waals surface area contributed by atoms with E-state index in [1.54, 1.807) is 12.3 Å². The summed E-state index contributed by atoms with van der Waals surface area (Å²) in [4.78, 5) is 22.5. The number of piperidine rings is 1. The van der Waals surface area contributed by atoms with Crippen LogP contribution < -0.4 is 10.2 Å². The molecule has 2 saturated heterocycles. The standard InChI is InChI=1S/C26H27F3N4OS/c27-26(28,29)20-14-19(24(34)31-25-30-17-23(35-25)18-6-2-1-3-7-18)15-22(16-20)33-12-8-21(9-13-33)32-10-4-5-11-32/h1-3,6-7,14-17,21H,4-5,8-13H2,(H,30,31,34). The average Bonchev–Trinajstić information content (AvgIpc) is 3.57. The molecule has 3 heterocycles. The van der Waals surface area contributed by atoms with E-state index in [9.17, 15) is 18.0 Å². The van der Waals surface area contributed by atoms with Gasteiger partial charge in [-0.1, -0.05) is 41.7 Å². The van der Waals surface area contributed by atoms with Crippen LogP contribution in [0.15, 0.2) is 54.7 Å². The lowest BCUT2D eigenvalue weighted by atomic mass is 10.0. The quantitative estimate of drug-likeness (QED) is 0.457. The second-order valence-corrected chi connectivity index (χ2v) is 10.1. The number of hydrogen-bond acceptors (Lipinski definition) is 5. The summed E-state index contributed by atoms with van der Waals surface area (Å²) in [7, 11) is 0. The third-order valence-electron chi connectivity index (χ3n) is 6.78. The first kappa shape index (κ1) is 23.8. The summed E-state index contributed by atoms with van der Waals surface area (Å²) in [5.41, 5.74) is 0.567. The van der Waals surface area contributed by atoms with E-state index in [2.05, 4.69) is 15.2 Å². The molecule has 0 aliphatic carbocycles. The summed E-state index contributed by atoms with van der Waals surface area (Å²) in [6, 6.07) is 13.7. The summed E-state index contributed by atoms with van der Waals surface area (Å²) in [6.45, 7) is 3.58. The number of hydrogen-bond donors (Lipinski definition) is 1. The Bertz CT molecular complexity index is 1170. The van der Waals surface area contributed by atoms with E-state index in [1.807, 2.05) is 35.2 Å². The van der Waals surface area contributed by atoms with Gasteiger partial charge in [-0.2, -0.15) is 13.2 Å². The number of thiazole rings is 1. The molecule has 0 saturated carbocycles. The molecule has 2 fully saturated rings. The van der Waals surface area contributed by atoms with Gasteiger partial charge < -0.3 is 9.80 Å². The van der Waals surface area contributed by atoms with E-state index in [0.29, 0.717) is 30.0 Å². The predicted octanol–water partition coefficient (Wildman–Crippen LogP) is 6.15. The topological polar surface area (TPSA) is 48.5 Å². The fourth-order valence-electron chi connectivity index (χ4n) is 4.92. The smallest absolute Gasteiger partial charge is 0.371 e. The van der Waals surface area contributed by atoms with Crippen molar-refractivity contribution in [1.82, 2.24) is 9.88 Å². The van der Waals surface area contributed by atoms with Crippen LogP contribution in [-0.4, -0.2) is 48.0 Å². The zero-order valence-electron chi connectivity index (χ0n) is 19.2. The number of carbonyl (C=O) groups excluding carboxylic acids is 1. The van der Waals surface area contributed by atoms with Crippen LogP contribution >= 0.6 is 11.3 Å². The van der Waals surface area contributed by atoms with Gasteiger partial charge in [-0.15, -0.1) is 0 Å². The number of nitrogens with one attached hydrogen (secondary N) is 1. The highest BCUT2D eigenvalue weighted by molar-refractivity contribution is 7.19. The minimum absolute atomic E-state index is 0.0204. The van der Waals surface area contributed by atoms with E-state index in [0.717, 1.165) is 48.5 Å². The van der Waals surface area contributed by atoms with Crippen molar-refractivity contribution < 1.29 is 18.0 Å². The molecule has 0 bridgehead atoms. The lowest BCUT2D eigenvalue weighted by Gasteiger charge is -2.38. The summed E-state index contributed by atoms with van der Waals surface area (Å²) in [6.07, 6.45) is 1.38. The van der Waals surface area contributed by atoms with Crippen LogP contribution in [-0.2, 0) is 6.18 Å². The number of rotatable bonds is 5. The Kier molecular flexibility index (Phi) is 6.80. The molecule has 3 aromatic rings. The monoisotopic (exact) mass is 500 g/mol. The Hall–Kier alpha value is -2.91. The molecule has 9 heteroatoms. The highest BCUT2D eigenvalue weighted by Crippen LogP contribution is 2.35. The Labute approximate surface area is 206 Å². The minimum atomic E-state index is -4.54. The third-order valence-corrected chi connectivity index (χ3v) is 7.74. The molecule has 1 aromatic heterocycles. The van der Waals surface area contributed by atoms with Gasteiger partial charge in [0.25, 0.3) is 5.91 Å². The molecule has 5 rings (SSSR count). The number of likely N-dealkylation sites (tertiary alicyclic amines) is 1. The number of aromatic nitrogens is 1. The zero-order valence-corrected chi connectivity index (χ0v) is 20.0. The van der Waals surface area contributed by atoms with E-state index in [4.69, 9.17) is 0 Å². The highest BCUT2D eigenvalue weighted by Gasteiger charge is 2.33. The van der Waals surface area contributed by atoms with E-state index in [-0.39, 0.29) is 5.56 Å². The van der Waals surface area contributed by atoms with Gasteiger partial charge in [-0.05, 0) is 62.5 Å². The number of amides is 1. The average molecular weight is 501 g/mol. The number of anilines is 2. The number of halogens is 3. The first-order chi connectivity index (χ1) is 16.9. The van der Waals surface area contributed by atoms with Crippen LogP contribution in [0.4, 0.5) is 24.0 Å². The van der Waals surface area contributed by atoms with Crippen molar-refractivity contribution in [2.75, 3.05) is 36.4 Å². The van der Waals surface area contributed by atoms with Crippen LogP contribution in [0.2, 0.25) is 0 Å². The first-order valence-corrected chi connectivity index (χ1v) is 12.7. The minimum Gasteiger partial charge on any atom is -0.371 e. The molecule has 1 N–H and O–H groups in total. The SMILES string of the molecule is O=C(Nc1ncc(-c2ccccc2)s1)c1cc(N2CCC(N3CCCC3)CC2)cc(C(F)(F)F)c1. The lowest BCUT2D eigenvalue weighted by Crippen LogP contribution is -2.44. The molecule has 2 aliphatic heterocycles. The molecule has 0 spiro atoms. The fraction of sp³-hybridized carbons (Fsp3) is 0.385. The van der Waals surface area contributed by atoms with Crippen molar-refractivity contribution in [3.8, 4) is 10.4 Å². The maximum absolute atomic E-state index is 13.7. The molecule has 1 amide bonds. The fourth-order valence-corrected chi connectivity index (χ4v) is 5.74. The summed E-state index contributed by atoms with van der Waals surface area (Å²) < 4.78 is 41.1. The van der Waals surface area contributed by atoms with E-state index >= 15 is 0 Å². The maximum atomic E-state index is 13.7. The van der Waals surface area contributed by atoms with Crippen LogP contribution in [0, 0.1) is 0 Å². The van der Waals surface area contributed by atoms with Gasteiger partial charge in [-0.25, -0.2) is 4.98 Å². The predicted molar refractivity (Wildman–Crippen MR) is 133 cm³/mol. The molecule has 0 unspecified atom stereocenters. The normalized spacial score (nSPS) is 17.6. The van der Waals surface area contributed by atoms with Crippen molar-refractivity contribution in [2.45, 2.75) is 37.9 Å². The molecule has 0 atom stereocenters. The maximum Gasteiger partial charge on any atom is 0.416 e. The van der Waals surface area contributed by atoms with Crippen LogP contribution in [0.5, 0.6) is 0 Å². The van der Waals surface area contributed by atoms with Crippen molar-refractivity contribution >= 4 is 28.1 Å². The van der Waals surface area contributed by atoms with Gasteiger partial charge in [-0.3, -0.25) is 10.1 Å². The second kappa shape index (κ2) is 9.99. The van der Waals surface area contributed by atoms with Crippen molar-refractivity contribution in [3.05, 3.63) is 65.9 Å². The van der Waals surface area contributed by atoms with E-state index < -0.39 is 17.6 Å². The summed E-state index contributed by atoms with van der Waals surface area (Å²) >= 11 is 1.28. The number of carbonyl (C=O) groups is 1. The lowest BCUT2D eigenvalue weighted by molar-refractivity contribution is -0.137. The molecule has 2 aromatic carbocycles. The van der Waals surface area contributed by atoms with Crippen LogP contribution in [0.3, 0.4) is 0 Å². The van der Waals surface area contributed by atoms with Gasteiger partial charge >= 0.3 is 6.18 Å². The Morgan fingerprint density at radius 3 is 2.40 bits per heavy atom. The van der Waals surface area contributed by atoms with Crippen molar-refractivity contribution in [1.29, 1.82) is 0 Å². The molecule has 184 valence electrons. The molecule has 5 nitrogen and oxygen atoms in total. The van der Waals surface area contributed by atoms with Gasteiger partial charge in [0.05, 0.1) is 10.4 Å².